The number of fused-ring (bicyclic) bond motifs is 2. The van der Waals surface area contributed by atoms with Gasteiger partial charge in [-0.05, 0) is 42.8 Å². The van der Waals surface area contributed by atoms with E-state index in [-0.39, 0.29) is 12.7 Å². The molecule has 1 amide bonds. The molecular weight excluding hydrogens is 342 g/mol. The van der Waals surface area contributed by atoms with Crippen molar-refractivity contribution in [1.29, 1.82) is 0 Å². The maximum atomic E-state index is 12.2. The number of likely N-dealkylation sites (N-methyl/N-ethyl adjacent to an activating group) is 1. The molecule has 1 aromatic heterocycles. The summed E-state index contributed by atoms with van der Waals surface area (Å²) in [6.07, 6.45) is 2.82. The molecule has 0 saturated heterocycles. The molecule has 0 radical (unpaired) electrons. The first-order valence-corrected chi connectivity index (χ1v) is 9.08. The Kier molecular flexibility index (Phi) is 4.98. The topological polar surface area (TPSA) is 66.6 Å². The first kappa shape index (κ1) is 17.4. The minimum Gasteiger partial charge on any atom is -0.454 e. The normalized spacial score (nSPS) is 12.7. The number of benzene rings is 2. The van der Waals surface area contributed by atoms with E-state index < -0.39 is 0 Å². The van der Waals surface area contributed by atoms with E-state index in [0.29, 0.717) is 19.6 Å². The van der Waals surface area contributed by atoms with Crippen molar-refractivity contribution in [3.63, 3.8) is 0 Å². The smallest absolute Gasteiger partial charge is 0.234 e. The summed E-state index contributed by atoms with van der Waals surface area (Å²) in [7, 11) is 1.93. The van der Waals surface area contributed by atoms with Gasteiger partial charge in [0.05, 0.1) is 6.54 Å². The molecule has 0 unspecified atom stereocenters. The van der Waals surface area contributed by atoms with E-state index in [1.54, 1.807) is 0 Å². The van der Waals surface area contributed by atoms with Crippen LogP contribution in [0.5, 0.6) is 11.5 Å². The Morgan fingerprint density at radius 2 is 2.04 bits per heavy atom. The van der Waals surface area contributed by atoms with Crippen molar-refractivity contribution in [2.75, 3.05) is 26.9 Å². The Morgan fingerprint density at radius 1 is 1.19 bits per heavy atom. The molecule has 0 fully saturated rings. The number of hydrogen-bond acceptors (Lipinski definition) is 4. The van der Waals surface area contributed by atoms with E-state index in [1.165, 1.54) is 10.9 Å². The molecule has 140 valence electrons. The third-order valence-corrected chi connectivity index (χ3v) is 4.69. The number of amides is 1. The second-order valence-corrected chi connectivity index (χ2v) is 6.82. The molecule has 6 nitrogen and oxygen atoms in total. The van der Waals surface area contributed by atoms with Gasteiger partial charge in [0.15, 0.2) is 11.5 Å². The van der Waals surface area contributed by atoms with Crippen molar-refractivity contribution in [2.45, 2.75) is 13.0 Å². The number of aromatic nitrogens is 1. The highest BCUT2D eigenvalue weighted by Crippen LogP contribution is 2.32. The fraction of sp³-hybridized carbons (Fsp3) is 0.286. The average Bonchev–Trinajstić information content (AvgIpc) is 3.28. The fourth-order valence-corrected chi connectivity index (χ4v) is 3.38. The minimum atomic E-state index is 0.0260. The second-order valence-electron chi connectivity index (χ2n) is 6.82. The van der Waals surface area contributed by atoms with Gasteiger partial charge in [0, 0.05) is 30.2 Å². The molecule has 2 aromatic carbocycles. The molecule has 0 aliphatic carbocycles. The third kappa shape index (κ3) is 4.06. The van der Waals surface area contributed by atoms with Crippen molar-refractivity contribution in [3.05, 3.63) is 59.8 Å². The molecule has 0 spiro atoms. The summed E-state index contributed by atoms with van der Waals surface area (Å²) < 4.78 is 10.7. The van der Waals surface area contributed by atoms with Crippen LogP contribution in [-0.4, -0.2) is 42.7 Å². The highest BCUT2D eigenvalue weighted by Gasteiger charge is 2.14. The van der Waals surface area contributed by atoms with Gasteiger partial charge >= 0.3 is 0 Å². The third-order valence-electron chi connectivity index (χ3n) is 4.69. The number of nitrogens with zero attached hydrogens (tertiary/aromatic N) is 1. The summed E-state index contributed by atoms with van der Waals surface area (Å²) in [5.41, 5.74) is 3.44. The summed E-state index contributed by atoms with van der Waals surface area (Å²) in [6.45, 7) is 1.92. The molecule has 4 rings (SSSR count). The lowest BCUT2D eigenvalue weighted by molar-refractivity contribution is -0.122. The van der Waals surface area contributed by atoms with Gasteiger partial charge in [-0.15, -0.1) is 0 Å². The van der Waals surface area contributed by atoms with Crippen molar-refractivity contribution in [1.82, 2.24) is 15.2 Å². The molecule has 2 N–H and O–H groups in total. The number of para-hydroxylation sites is 1. The summed E-state index contributed by atoms with van der Waals surface area (Å²) in [6, 6.07) is 14.1. The summed E-state index contributed by atoms with van der Waals surface area (Å²) in [5, 5.41) is 4.22. The number of H-pyrrole nitrogens is 1. The zero-order valence-corrected chi connectivity index (χ0v) is 15.3. The lowest BCUT2D eigenvalue weighted by atomic mass is 10.1. The van der Waals surface area contributed by atoms with Crippen LogP contribution in [0.25, 0.3) is 10.9 Å². The lowest BCUT2D eigenvalue weighted by Gasteiger charge is -2.16. The van der Waals surface area contributed by atoms with Crippen LogP contribution in [-0.2, 0) is 17.8 Å². The van der Waals surface area contributed by atoms with Crippen LogP contribution in [0.4, 0.5) is 0 Å². The number of carbonyl (C=O) groups is 1. The zero-order valence-electron chi connectivity index (χ0n) is 15.3. The first-order valence-electron chi connectivity index (χ1n) is 9.08. The van der Waals surface area contributed by atoms with Gasteiger partial charge in [-0.1, -0.05) is 24.3 Å². The van der Waals surface area contributed by atoms with E-state index in [4.69, 9.17) is 9.47 Å². The molecule has 6 heteroatoms. The molecule has 2 heterocycles. The van der Waals surface area contributed by atoms with Crippen molar-refractivity contribution < 1.29 is 14.3 Å². The number of rotatable bonds is 7. The zero-order chi connectivity index (χ0) is 18.6. The van der Waals surface area contributed by atoms with Gasteiger partial charge in [0.25, 0.3) is 0 Å². The molecule has 3 aromatic rings. The highest BCUT2D eigenvalue weighted by molar-refractivity contribution is 5.83. The predicted octanol–water partition coefficient (Wildman–Crippen LogP) is 2.69. The Labute approximate surface area is 158 Å². The van der Waals surface area contributed by atoms with Gasteiger partial charge in [0.2, 0.25) is 12.7 Å². The monoisotopic (exact) mass is 365 g/mol. The van der Waals surface area contributed by atoms with Crippen molar-refractivity contribution in [2.24, 2.45) is 0 Å². The van der Waals surface area contributed by atoms with Gasteiger partial charge < -0.3 is 19.8 Å². The predicted molar refractivity (Wildman–Crippen MR) is 104 cm³/mol. The molecule has 1 aliphatic rings. The first-order chi connectivity index (χ1) is 13.2. The maximum absolute atomic E-state index is 12.2. The summed E-state index contributed by atoms with van der Waals surface area (Å²) in [4.78, 5) is 17.5. The van der Waals surface area contributed by atoms with Crippen molar-refractivity contribution >= 4 is 16.8 Å². The number of ether oxygens (including phenoxy) is 2. The summed E-state index contributed by atoms with van der Waals surface area (Å²) >= 11 is 0. The van der Waals surface area contributed by atoms with E-state index in [1.807, 2.05) is 48.5 Å². The van der Waals surface area contributed by atoms with Crippen LogP contribution < -0.4 is 14.8 Å². The molecular formula is C21H23N3O3. The van der Waals surface area contributed by atoms with E-state index in [9.17, 15) is 4.79 Å². The Morgan fingerprint density at radius 3 is 2.96 bits per heavy atom. The van der Waals surface area contributed by atoms with Crippen LogP contribution in [0.2, 0.25) is 0 Å². The van der Waals surface area contributed by atoms with Crippen molar-refractivity contribution in [3.8, 4) is 11.5 Å². The minimum absolute atomic E-state index is 0.0260. The van der Waals surface area contributed by atoms with Crippen LogP contribution >= 0.6 is 0 Å². The number of aromatic amines is 1. The standard InChI is InChI=1S/C21H23N3O3/c1-24(12-15-6-7-19-20(10-15)27-14-26-19)13-21(25)22-9-8-16-11-23-18-5-3-2-4-17(16)18/h2-7,10-11,23H,8-9,12-14H2,1H3,(H,22,25). The molecule has 27 heavy (non-hydrogen) atoms. The van der Waals surface area contributed by atoms with Gasteiger partial charge in [-0.25, -0.2) is 0 Å². The van der Waals surface area contributed by atoms with Crippen LogP contribution in [0.1, 0.15) is 11.1 Å². The quantitative estimate of drug-likeness (QED) is 0.676. The Balaban J connectivity index is 1.24. The molecule has 0 atom stereocenters. The van der Waals surface area contributed by atoms with Gasteiger partial charge in [-0.3, -0.25) is 9.69 Å². The van der Waals surface area contributed by atoms with Crippen LogP contribution in [0.15, 0.2) is 48.7 Å². The number of carbonyl (C=O) groups excluding carboxylic acids is 1. The SMILES string of the molecule is CN(CC(=O)NCCc1c[nH]c2ccccc12)Cc1ccc2c(c1)OCO2. The molecule has 1 aliphatic heterocycles. The maximum Gasteiger partial charge on any atom is 0.234 e. The highest BCUT2D eigenvalue weighted by atomic mass is 16.7. The average molecular weight is 365 g/mol. The van der Waals surface area contributed by atoms with Crippen LogP contribution in [0, 0.1) is 0 Å². The van der Waals surface area contributed by atoms with Gasteiger partial charge in [-0.2, -0.15) is 0 Å². The Hall–Kier alpha value is -2.99. The lowest BCUT2D eigenvalue weighted by Crippen LogP contribution is -2.35. The molecule has 0 saturated carbocycles. The van der Waals surface area contributed by atoms with E-state index in [2.05, 4.69) is 22.4 Å². The van der Waals surface area contributed by atoms with Crippen LogP contribution in [0.3, 0.4) is 0 Å². The second kappa shape index (κ2) is 7.72. The Bertz CT molecular complexity index is 951. The fourth-order valence-electron chi connectivity index (χ4n) is 3.38. The number of nitrogens with one attached hydrogen (secondary N) is 2. The van der Waals surface area contributed by atoms with E-state index >= 15 is 0 Å². The molecule has 0 bridgehead atoms. The largest absolute Gasteiger partial charge is 0.454 e. The summed E-state index contributed by atoms with van der Waals surface area (Å²) in [5.74, 6) is 1.57. The number of hydrogen-bond donors (Lipinski definition) is 2. The van der Waals surface area contributed by atoms with E-state index in [0.717, 1.165) is 29.0 Å². The van der Waals surface area contributed by atoms with Gasteiger partial charge in [0.1, 0.15) is 0 Å².